The molecule has 0 saturated carbocycles. The number of nitrogens with zero attached hydrogens (tertiary/aromatic N) is 2. The van der Waals surface area contributed by atoms with Crippen molar-refractivity contribution in [3.63, 3.8) is 0 Å². The van der Waals surface area contributed by atoms with Crippen LogP contribution in [0.5, 0.6) is 0 Å². The van der Waals surface area contributed by atoms with Gasteiger partial charge in [0.05, 0.1) is 0 Å². The van der Waals surface area contributed by atoms with E-state index in [0.717, 1.165) is 16.8 Å². The van der Waals surface area contributed by atoms with Crippen molar-refractivity contribution in [3.8, 4) is 0 Å². The highest BCUT2D eigenvalue weighted by Crippen LogP contribution is 2.14. The fourth-order valence-electron chi connectivity index (χ4n) is 1.98. The Labute approximate surface area is 122 Å². The standard InChI is InChI=1S/C15H16N4O2/c1-9-5-10(2)7-12(6-9)18-15(20)13-4-3-11(8-17-13)14(16)19-21/h3-8,21H,1-2H3,(H2,16,19)(H,18,20). The normalized spacial score (nSPS) is 11.2. The van der Waals surface area contributed by atoms with Gasteiger partial charge in [-0.2, -0.15) is 0 Å². The smallest absolute Gasteiger partial charge is 0.274 e. The molecule has 1 amide bonds. The van der Waals surface area contributed by atoms with Crippen LogP contribution in [0.4, 0.5) is 5.69 Å². The first kappa shape index (κ1) is 14.5. The number of carbonyl (C=O) groups is 1. The highest BCUT2D eigenvalue weighted by atomic mass is 16.4. The zero-order valence-corrected chi connectivity index (χ0v) is 11.8. The number of nitrogens with two attached hydrogens (primary N) is 1. The highest BCUT2D eigenvalue weighted by Gasteiger charge is 2.09. The Morgan fingerprint density at radius 3 is 2.43 bits per heavy atom. The molecular weight excluding hydrogens is 268 g/mol. The van der Waals surface area contributed by atoms with Crippen molar-refractivity contribution in [1.29, 1.82) is 0 Å². The lowest BCUT2D eigenvalue weighted by atomic mass is 10.1. The van der Waals surface area contributed by atoms with Gasteiger partial charge in [-0.1, -0.05) is 11.2 Å². The Balaban J connectivity index is 2.16. The molecule has 1 aromatic carbocycles. The van der Waals surface area contributed by atoms with Crippen molar-refractivity contribution in [2.45, 2.75) is 13.8 Å². The number of hydrogen-bond donors (Lipinski definition) is 3. The molecule has 0 aliphatic heterocycles. The molecule has 0 fully saturated rings. The molecule has 0 unspecified atom stereocenters. The zero-order chi connectivity index (χ0) is 15.4. The van der Waals surface area contributed by atoms with Gasteiger partial charge < -0.3 is 16.3 Å². The van der Waals surface area contributed by atoms with Crippen LogP contribution in [0.25, 0.3) is 0 Å². The summed E-state index contributed by atoms with van der Waals surface area (Å²) in [5, 5.41) is 14.2. The van der Waals surface area contributed by atoms with E-state index in [2.05, 4.69) is 15.5 Å². The Morgan fingerprint density at radius 2 is 1.90 bits per heavy atom. The van der Waals surface area contributed by atoms with Crippen LogP contribution >= 0.6 is 0 Å². The summed E-state index contributed by atoms with van der Waals surface area (Å²) >= 11 is 0. The van der Waals surface area contributed by atoms with E-state index in [0.29, 0.717) is 5.56 Å². The lowest BCUT2D eigenvalue weighted by molar-refractivity contribution is 0.102. The largest absolute Gasteiger partial charge is 0.409 e. The average molecular weight is 284 g/mol. The number of amides is 1. The number of anilines is 1. The Hall–Kier alpha value is -2.89. The first-order valence-corrected chi connectivity index (χ1v) is 6.33. The molecule has 21 heavy (non-hydrogen) atoms. The summed E-state index contributed by atoms with van der Waals surface area (Å²) in [6.45, 7) is 3.93. The van der Waals surface area contributed by atoms with Crippen molar-refractivity contribution < 1.29 is 10.0 Å². The summed E-state index contributed by atoms with van der Waals surface area (Å²) in [7, 11) is 0. The first-order chi connectivity index (χ1) is 9.99. The molecule has 6 heteroatoms. The molecule has 0 aliphatic rings. The van der Waals surface area contributed by atoms with E-state index in [1.54, 1.807) is 6.07 Å². The van der Waals surface area contributed by atoms with E-state index in [9.17, 15) is 4.79 Å². The molecule has 0 bridgehead atoms. The van der Waals surface area contributed by atoms with Gasteiger partial charge in [0.2, 0.25) is 0 Å². The van der Waals surface area contributed by atoms with Gasteiger partial charge in [0.15, 0.2) is 5.84 Å². The van der Waals surface area contributed by atoms with E-state index in [-0.39, 0.29) is 17.4 Å². The number of aryl methyl sites for hydroxylation is 2. The zero-order valence-electron chi connectivity index (χ0n) is 11.8. The molecule has 2 aromatic rings. The van der Waals surface area contributed by atoms with E-state index in [4.69, 9.17) is 10.9 Å². The molecule has 0 radical (unpaired) electrons. The quantitative estimate of drug-likeness (QED) is 0.347. The third-order valence-corrected chi connectivity index (χ3v) is 2.88. The fourth-order valence-corrected chi connectivity index (χ4v) is 1.98. The van der Waals surface area contributed by atoms with Crippen molar-refractivity contribution in [2.24, 2.45) is 10.9 Å². The van der Waals surface area contributed by atoms with E-state index in [1.807, 2.05) is 32.0 Å². The number of rotatable bonds is 3. The predicted molar refractivity (Wildman–Crippen MR) is 80.6 cm³/mol. The molecule has 2 rings (SSSR count). The van der Waals surface area contributed by atoms with Crippen molar-refractivity contribution >= 4 is 17.4 Å². The highest BCUT2D eigenvalue weighted by molar-refractivity contribution is 6.03. The summed E-state index contributed by atoms with van der Waals surface area (Å²) in [5.74, 6) is -0.366. The van der Waals surface area contributed by atoms with Crippen LogP contribution in [0.3, 0.4) is 0 Å². The number of benzene rings is 1. The second-order valence-electron chi connectivity index (χ2n) is 4.75. The van der Waals surface area contributed by atoms with Crippen LogP contribution in [0, 0.1) is 13.8 Å². The van der Waals surface area contributed by atoms with Gasteiger partial charge in [0.1, 0.15) is 5.69 Å². The van der Waals surface area contributed by atoms with Crippen molar-refractivity contribution in [1.82, 2.24) is 4.98 Å². The van der Waals surface area contributed by atoms with Crippen molar-refractivity contribution in [3.05, 3.63) is 58.9 Å². The molecule has 0 aliphatic carbocycles. The fraction of sp³-hybridized carbons (Fsp3) is 0.133. The second kappa shape index (κ2) is 6.04. The van der Waals surface area contributed by atoms with Gasteiger partial charge in [0.25, 0.3) is 5.91 Å². The summed E-state index contributed by atoms with van der Waals surface area (Å²) in [5.41, 5.74) is 9.00. The molecule has 0 spiro atoms. The van der Waals surface area contributed by atoms with Crippen LogP contribution in [0.15, 0.2) is 41.7 Å². The number of carbonyl (C=O) groups excluding carboxylic acids is 1. The lowest BCUT2D eigenvalue weighted by Crippen LogP contribution is -2.16. The Bertz CT molecular complexity index is 673. The molecule has 6 nitrogen and oxygen atoms in total. The number of nitrogens with one attached hydrogen (secondary N) is 1. The Morgan fingerprint density at radius 1 is 1.24 bits per heavy atom. The molecule has 4 N–H and O–H groups in total. The number of oxime groups is 1. The minimum absolute atomic E-state index is 0.0521. The van der Waals surface area contributed by atoms with E-state index >= 15 is 0 Å². The predicted octanol–water partition coefficient (Wildman–Crippen LogP) is 2.05. The van der Waals surface area contributed by atoms with Gasteiger partial charge in [-0.25, -0.2) is 0 Å². The van der Waals surface area contributed by atoms with E-state index in [1.165, 1.54) is 12.3 Å². The molecule has 1 heterocycles. The molecule has 108 valence electrons. The third kappa shape index (κ3) is 3.56. The van der Waals surface area contributed by atoms with Gasteiger partial charge in [-0.15, -0.1) is 0 Å². The monoisotopic (exact) mass is 284 g/mol. The summed E-state index contributed by atoms with van der Waals surface area (Å²) in [6, 6.07) is 8.88. The van der Waals surface area contributed by atoms with E-state index < -0.39 is 0 Å². The molecule has 0 atom stereocenters. The van der Waals surface area contributed by atoms with Gasteiger partial charge in [0, 0.05) is 17.4 Å². The molecule has 0 saturated heterocycles. The van der Waals surface area contributed by atoms with Crippen molar-refractivity contribution in [2.75, 3.05) is 5.32 Å². The molecule has 1 aromatic heterocycles. The SMILES string of the molecule is Cc1cc(C)cc(NC(=O)c2ccc(C(N)=NO)cn2)c1. The maximum atomic E-state index is 12.1. The summed E-state index contributed by atoms with van der Waals surface area (Å²) in [6.07, 6.45) is 1.38. The van der Waals surface area contributed by atoms with Crippen LogP contribution in [-0.2, 0) is 0 Å². The summed E-state index contributed by atoms with van der Waals surface area (Å²) < 4.78 is 0. The average Bonchev–Trinajstić information content (AvgIpc) is 2.45. The number of amidine groups is 1. The topological polar surface area (TPSA) is 101 Å². The van der Waals surface area contributed by atoms with Crippen LogP contribution < -0.4 is 11.1 Å². The molecular formula is C15H16N4O2. The minimum Gasteiger partial charge on any atom is -0.409 e. The number of aromatic nitrogens is 1. The lowest BCUT2D eigenvalue weighted by Gasteiger charge is -2.07. The first-order valence-electron chi connectivity index (χ1n) is 6.33. The number of hydrogen-bond acceptors (Lipinski definition) is 4. The van der Waals surface area contributed by atoms with Crippen LogP contribution in [0.1, 0.15) is 27.2 Å². The minimum atomic E-state index is -0.314. The maximum absolute atomic E-state index is 12.1. The van der Waals surface area contributed by atoms with Gasteiger partial charge in [-0.05, 0) is 49.2 Å². The second-order valence-corrected chi connectivity index (χ2v) is 4.75. The van der Waals surface area contributed by atoms with Gasteiger partial charge in [-0.3, -0.25) is 9.78 Å². The summed E-state index contributed by atoms with van der Waals surface area (Å²) in [4.78, 5) is 16.1. The van der Waals surface area contributed by atoms with Crippen LogP contribution in [-0.4, -0.2) is 21.9 Å². The maximum Gasteiger partial charge on any atom is 0.274 e. The van der Waals surface area contributed by atoms with Crippen LogP contribution in [0.2, 0.25) is 0 Å². The van der Waals surface area contributed by atoms with Gasteiger partial charge >= 0.3 is 0 Å². The third-order valence-electron chi connectivity index (χ3n) is 2.88. The number of pyridine rings is 1. The Kier molecular flexibility index (Phi) is 4.18.